The van der Waals surface area contributed by atoms with E-state index in [1.807, 2.05) is 0 Å². The highest BCUT2D eigenvalue weighted by Gasteiger charge is 2.48. The number of carbonyl (C=O) groups excluding carboxylic acids is 2. The third-order valence-electron chi connectivity index (χ3n) is 8.19. The summed E-state index contributed by atoms with van der Waals surface area (Å²) in [7, 11) is 0. The number of alkyl halides is 5. The summed E-state index contributed by atoms with van der Waals surface area (Å²) in [5, 5.41) is 4.97. The summed E-state index contributed by atoms with van der Waals surface area (Å²) in [5.74, 6) is -6.41. The molecule has 5 rings (SSSR count). The molecule has 2 aromatic heterocycles. The van der Waals surface area contributed by atoms with Gasteiger partial charge in [0.1, 0.15) is 30.5 Å². The van der Waals surface area contributed by atoms with Crippen molar-refractivity contribution in [2.45, 2.75) is 76.3 Å². The minimum absolute atomic E-state index is 0.000150. The van der Waals surface area contributed by atoms with Gasteiger partial charge in [0.15, 0.2) is 11.4 Å². The number of hydrogen-bond acceptors (Lipinski definition) is 5. The second-order valence-electron chi connectivity index (χ2n) is 12.4. The van der Waals surface area contributed by atoms with E-state index in [0.717, 1.165) is 12.1 Å². The maximum Gasteiger partial charge on any atom is 0.407 e. The Labute approximate surface area is 276 Å². The third-order valence-corrected chi connectivity index (χ3v) is 8.19. The lowest BCUT2D eigenvalue weighted by atomic mass is 9.78. The maximum absolute atomic E-state index is 14.3. The molecule has 2 heterocycles. The zero-order valence-corrected chi connectivity index (χ0v) is 26.5. The van der Waals surface area contributed by atoms with Crippen molar-refractivity contribution in [2.75, 3.05) is 6.54 Å². The first-order valence-corrected chi connectivity index (χ1v) is 15.3. The van der Waals surface area contributed by atoms with Crippen LogP contribution in [0.15, 0.2) is 60.8 Å². The molecule has 2 N–H and O–H groups in total. The van der Waals surface area contributed by atoms with Gasteiger partial charge in [-0.25, -0.2) is 27.3 Å². The van der Waals surface area contributed by atoms with Gasteiger partial charge in [0.05, 0.1) is 16.8 Å². The Morgan fingerprint density at radius 1 is 1.00 bits per heavy atom. The van der Waals surface area contributed by atoms with E-state index >= 15 is 0 Å². The van der Waals surface area contributed by atoms with Crippen molar-refractivity contribution in [3.05, 3.63) is 101 Å². The van der Waals surface area contributed by atoms with Gasteiger partial charge in [0.2, 0.25) is 5.92 Å². The fourth-order valence-corrected chi connectivity index (χ4v) is 5.53. The number of carbonyl (C=O) groups is 2. The molecule has 0 saturated heterocycles. The predicted octanol–water partition coefficient (Wildman–Crippen LogP) is 7.77. The van der Waals surface area contributed by atoms with E-state index in [1.165, 1.54) is 29.7 Å². The summed E-state index contributed by atoms with van der Waals surface area (Å²) >= 11 is 0. The Hall–Kier alpha value is -4.82. The molecule has 1 aliphatic rings. The normalized spacial score (nSPS) is 15.7. The zero-order valence-electron chi connectivity index (χ0n) is 26.5. The molecule has 1 aliphatic carbocycles. The first kappa shape index (κ1) is 35.5. The summed E-state index contributed by atoms with van der Waals surface area (Å²) in [4.78, 5) is 30.9. The average molecular weight is 695 g/mol. The Balaban J connectivity index is 1.41. The van der Waals surface area contributed by atoms with E-state index in [-0.39, 0.29) is 35.0 Å². The van der Waals surface area contributed by atoms with Crippen LogP contribution in [-0.2, 0) is 18.0 Å². The minimum Gasteiger partial charge on any atom is -0.485 e. The fraction of sp³-hybridized carbons (Fsp3) is 0.382. The summed E-state index contributed by atoms with van der Waals surface area (Å²) in [6.45, 7) is 1.74. The van der Waals surface area contributed by atoms with Crippen LogP contribution >= 0.6 is 0 Å². The molecule has 0 aliphatic heterocycles. The van der Waals surface area contributed by atoms with Crippen LogP contribution in [0.4, 0.5) is 35.5 Å². The molecule has 49 heavy (non-hydrogen) atoms. The SMILES string of the molecule is Cc1cc(OCc2c(F)cccc2F)c2nc(C3CC(F)(F)C3)c(C(=O)NCC(C)(CCC(F)(F)F)NC(=O)OCc3ccccc3)n2c1. The van der Waals surface area contributed by atoms with Crippen molar-refractivity contribution >= 4 is 17.6 Å². The van der Waals surface area contributed by atoms with Crippen molar-refractivity contribution in [3.8, 4) is 5.75 Å². The molecule has 15 heteroatoms. The summed E-state index contributed by atoms with van der Waals surface area (Å²) < 4.78 is 109. The number of amides is 2. The number of ether oxygens (including phenoxy) is 2. The van der Waals surface area contributed by atoms with E-state index in [1.54, 1.807) is 37.3 Å². The lowest BCUT2D eigenvalue weighted by Crippen LogP contribution is -2.54. The van der Waals surface area contributed by atoms with Crippen LogP contribution in [-0.4, -0.2) is 45.6 Å². The zero-order chi connectivity index (χ0) is 35.6. The second kappa shape index (κ2) is 14.0. The number of benzene rings is 2. The smallest absolute Gasteiger partial charge is 0.407 e. The molecular weight excluding hydrogens is 661 g/mol. The van der Waals surface area contributed by atoms with Crippen molar-refractivity contribution in [1.82, 2.24) is 20.0 Å². The maximum atomic E-state index is 14.3. The number of nitrogens with zero attached hydrogens (tertiary/aromatic N) is 2. The number of pyridine rings is 1. The van der Waals surface area contributed by atoms with Crippen molar-refractivity contribution < 1.29 is 49.8 Å². The van der Waals surface area contributed by atoms with Crippen molar-refractivity contribution in [2.24, 2.45) is 0 Å². The van der Waals surface area contributed by atoms with Gasteiger partial charge in [0, 0.05) is 37.9 Å². The highest BCUT2D eigenvalue weighted by molar-refractivity contribution is 5.95. The minimum atomic E-state index is -4.58. The Kier molecular flexibility index (Phi) is 10.1. The number of aryl methyl sites for hydroxylation is 1. The summed E-state index contributed by atoms with van der Waals surface area (Å²) in [6.07, 6.45) is -7.25. The van der Waals surface area contributed by atoms with Gasteiger partial charge in [-0.15, -0.1) is 0 Å². The molecule has 262 valence electrons. The highest BCUT2D eigenvalue weighted by atomic mass is 19.4. The molecular formula is C34H33F7N4O4. The summed E-state index contributed by atoms with van der Waals surface area (Å²) in [6, 6.07) is 13.4. The number of nitrogens with one attached hydrogen (secondary N) is 2. The van der Waals surface area contributed by atoms with Crippen molar-refractivity contribution in [1.29, 1.82) is 0 Å². The lowest BCUT2D eigenvalue weighted by molar-refractivity contribution is -0.138. The van der Waals surface area contributed by atoms with Crippen LogP contribution in [0.5, 0.6) is 5.75 Å². The molecule has 1 fully saturated rings. The van der Waals surface area contributed by atoms with Gasteiger partial charge < -0.3 is 20.1 Å². The highest BCUT2D eigenvalue weighted by Crippen LogP contribution is 2.49. The van der Waals surface area contributed by atoms with E-state index in [9.17, 15) is 40.3 Å². The Morgan fingerprint density at radius 2 is 1.67 bits per heavy atom. The molecule has 1 saturated carbocycles. The average Bonchev–Trinajstić information content (AvgIpc) is 3.39. The number of imidazole rings is 1. The molecule has 2 amide bonds. The summed E-state index contributed by atoms with van der Waals surface area (Å²) in [5.41, 5.74) is -1.06. The monoisotopic (exact) mass is 694 g/mol. The van der Waals surface area contributed by atoms with E-state index in [4.69, 9.17) is 9.47 Å². The van der Waals surface area contributed by atoms with Crippen LogP contribution in [0.2, 0.25) is 0 Å². The van der Waals surface area contributed by atoms with Crippen LogP contribution in [0.1, 0.15) is 71.4 Å². The van der Waals surface area contributed by atoms with Gasteiger partial charge in [-0.3, -0.25) is 9.20 Å². The molecule has 2 aromatic carbocycles. The molecule has 0 spiro atoms. The van der Waals surface area contributed by atoms with Gasteiger partial charge in [-0.05, 0) is 49.6 Å². The van der Waals surface area contributed by atoms with E-state index in [2.05, 4.69) is 15.6 Å². The molecule has 1 unspecified atom stereocenters. The number of aromatic nitrogens is 2. The van der Waals surface area contributed by atoms with Gasteiger partial charge in [-0.2, -0.15) is 13.2 Å². The molecule has 8 nitrogen and oxygen atoms in total. The van der Waals surface area contributed by atoms with E-state index in [0.29, 0.717) is 11.1 Å². The van der Waals surface area contributed by atoms with Crippen LogP contribution in [0.25, 0.3) is 5.65 Å². The number of rotatable bonds is 12. The number of alkyl carbamates (subject to hydrolysis) is 1. The Morgan fingerprint density at radius 3 is 2.31 bits per heavy atom. The largest absolute Gasteiger partial charge is 0.485 e. The first-order chi connectivity index (χ1) is 23.0. The second-order valence-corrected chi connectivity index (χ2v) is 12.4. The lowest BCUT2D eigenvalue weighted by Gasteiger charge is -2.34. The van der Waals surface area contributed by atoms with Gasteiger partial charge >= 0.3 is 12.3 Å². The first-order valence-electron chi connectivity index (χ1n) is 15.3. The van der Waals surface area contributed by atoms with E-state index < -0.39 is 86.0 Å². The van der Waals surface area contributed by atoms with Crippen LogP contribution in [0, 0.1) is 18.6 Å². The van der Waals surface area contributed by atoms with Crippen molar-refractivity contribution in [3.63, 3.8) is 0 Å². The molecule has 0 bridgehead atoms. The number of fused-ring (bicyclic) bond motifs is 1. The number of hydrogen-bond donors (Lipinski definition) is 2. The number of halogens is 7. The predicted molar refractivity (Wildman–Crippen MR) is 163 cm³/mol. The standard InChI is InChI=1S/C34H33F7N4O4/c1-20-13-26(48-18-23-24(35)9-6-10-25(23)36)29-43-27(22-14-33(37,38)15-22)28(45(29)16-20)30(46)42-19-32(2,11-12-34(39,40)41)44-31(47)49-17-21-7-4-3-5-8-21/h3-10,13,16,22H,11-12,14-15,17-19H2,1-2H3,(H,42,46)(H,44,47). The molecule has 0 radical (unpaired) electrons. The van der Waals surface area contributed by atoms with Gasteiger partial charge in [-0.1, -0.05) is 36.4 Å². The third kappa shape index (κ3) is 8.81. The molecule has 4 aromatic rings. The van der Waals surface area contributed by atoms with Gasteiger partial charge in [0.25, 0.3) is 5.91 Å². The Bertz CT molecular complexity index is 1800. The van der Waals surface area contributed by atoms with Crippen LogP contribution < -0.4 is 15.4 Å². The quantitative estimate of drug-likeness (QED) is 0.148. The molecule has 1 atom stereocenters. The topological polar surface area (TPSA) is 94.0 Å². The van der Waals surface area contributed by atoms with Crippen LogP contribution in [0.3, 0.4) is 0 Å². The fourth-order valence-electron chi connectivity index (χ4n) is 5.53.